The largest absolute Gasteiger partial charge is 0.452 e. The van der Waals surface area contributed by atoms with Gasteiger partial charge in [0.2, 0.25) is 0 Å². The summed E-state index contributed by atoms with van der Waals surface area (Å²) in [6.45, 7) is 5.34. The Morgan fingerprint density at radius 1 is 1.05 bits per heavy atom. The molecule has 4 heteroatoms. The lowest BCUT2D eigenvalue weighted by molar-refractivity contribution is -0.125. The summed E-state index contributed by atoms with van der Waals surface area (Å²) in [5, 5.41) is 4.53. The van der Waals surface area contributed by atoms with Crippen LogP contribution in [-0.2, 0) is 9.53 Å². The van der Waals surface area contributed by atoms with Gasteiger partial charge in [0, 0.05) is 5.54 Å². The maximum Gasteiger partial charge on any atom is 0.339 e. The molecule has 0 aliphatic heterocycles. The Kier molecular flexibility index (Phi) is 4.26. The van der Waals surface area contributed by atoms with E-state index in [9.17, 15) is 9.59 Å². The van der Waals surface area contributed by atoms with E-state index in [4.69, 9.17) is 4.74 Å². The number of hydrogen-bond acceptors (Lipinski definition) is 3. The zero-order chi connectivity index (χ0) is 15.5. The lowest BCUT2D eigenvalue weighted by atomic mass is 10.1. The predicted molar refractivity (Wildman–Crippen MR) is 82.1 cm³/mol. The number of hydrogen-bond donors (Lipinski definition) is 1. The molecular formula is C17H19NO3. The Hall–Kier alpha value is -2.36. The number of carbonyl (C=O) groups is 2. The fraction of sp³-hybridized carbons (Fsp3) is 0.294. The molecule has 1 amide bonds. The molecule has 2 aromatic carbocycles. The summed E-state index contributed by atoms with van der Waals surface area (Å²) < 4.78 is 5.09. The number of esters is 1. The zero-order valence-electron chi connectivity index (χ0n) is 12.5. The van der Waals surface area contributed by atoms with Gasteiger partial charge in [0.1, 0.15) is 0 Å². The minimum Gasteiger partial charge on any atom is -0.452 e. The second-order valence-corrected chi connectivity index (χ2v) is 5.90. The highest BCUT2D eigenvalue weighted by Gasteiger charge is 2.16. The summed E-state index contributed by atoms with van der Waals surface area (Å²) in [7, 11) is 0. The maximum atomic E-state index is 12.1. The predicted octanol–water partition coefficient (Wildman–Crippen LogP) is 2.91. The van der Waals surface area contributed by atoms with Crippen LogP contribution in [0.4, 0.5) is 0 Å². The van der Waals surface area contributed by atoms with Crippen molar-refractivity contribution in [3.63, 3.8) is 0 Å². The van der Waals surface area contributed by atoms with Crippen molar-refractivity contribution in [1.29, 1.82) is 0 Å². The third kappa shape index (κ3) is 4.05. The maximum absolute atomic E-state index is 12.1. The molecule has 0 atom stereocenters. The summed E-state index contributed by atoms with van der Waals surface area (Å²) in [5.74, 6) is -0.799. The first-order chi connectivity index (χ1) is 9.87. The van der Waals surface area contributed by atoms with Crippen LogP contribution in [0.3, 0.4) is 0 Å². The number of amides is 1. The van der Waals surface area contributed by atoms with E-state index in [0.29, 0.717) is 5.56 Å². The molecule has 0 aromatic heterocycles. The van der Waals surface area contributed by atoms with E-state index in [-0.39, 0.29) is 18.1 Å². The quantitative estimate of drug-likeness (QED) is 0.882. The summed E-state index contributed by atoms with van der Waals surface area (Å²) in [4.78, 5) is 23.8. The van der Waals surface area contributed by atoms with Crippen LogP contribution in [-0.4, -0.2) is 24.0 Å². The summed E-state index contributed by atoms with van der Waals surface area (Å²) in [6, 6.07) is 13.0. The monoisotopic (exact) mass is 285 g/mol. The molecule has 0 radical (unpaired) electrons. The molecule has 0 bridgehead atoms. The van der Waals surface area contributed by atoms with E-state index in [2.05, 4.69) is 5.32 Å². The minimum atomic E-state index is -0.490. The van der Waals surface area contributed by atoms with Gasteiger partial charge in [-0.05, 0) is 37.6 Å². The van der Waals surface area contributed by atoms with Gasteiger partial charge in [0.25, 0.3) is 5.91 Å². The molecule has 0 spiro atoms. The molecule has 110 valence electrons. The first-order valence-corrected chi connectivity index (χ1v) is 6.83. The second kappa shape index (κ2) is 5.95. The van der Waals surface area contributed by atoms with Gasteiger partial charge in [0.05, 0.1) is 5.56 Å². The van der Waals surface area contributed by atoms with Crippen LogP contribution in [0, 0.1) is 0 Å². The number of carbonyl (C=O) groups excluding carboxylic acids is 2. The fourth-order valence-electron chi connectivity index (χ4n) is 2.07. The van der Waals surface area contributed by atoms with Crippen LogP contribution >= 0.6 is 0 Å². The molecular weight excluding hydrogens is 266 g/mol. The average Bonchev–Trinajstić information content (AvgIpc) is 2.42. The van der Waals surface area contributed by atoms with E-state index >= 15 is 0 Å². The van der Waals surface area contributed by atoms with E-state index in [1.165, 1.54) is 0 Å². The van der Waals surface area contributed by atoms with Crippen LogP contribution in [0.15, 0.2) is 42.5 Å². The van der Waals surface area contributed by atoms with Gasteiger partial charge in [-0.2, -0.15) is 0 Å². The molecule has 0 saturated heterocycles. The van der Waals surface area contributed by atoms with Crippen LogP contribution in [0.2, 0.25) is 0 Å². The Morgan fingerprint density at radius 2 is 1.71 bits per heavy atom. The molecule has 0 fully saturated rings. The number of nitrogens with one attached hydrogen (secondary N) is 1. The first-order valence-electron chi connectivity index (χ1n) is 6.83. The minimum absolute atomic E-state index is 0.278. The Labute approximate surface area is 124 Å². The number of ether oxygens (including phenoxy) is 1. The molecule has 1 N–H and O–H groups in total. The van der Waals surface area contributed by atoms with Crippen molar-refractivity contribution in [1.82, 2.24) is 5.32 Å². The third-order valence-electron chi connectivity index (χ3n) is 2.86. The van der Waals surface area contributed by atoms with Crippen molar-refractivity contribution >= 4 is 22.6 Å². The summed E-state index contributed by atoms with van der Waals surface area (Å²) in [5.41, 5.74) is 0.125. The Balaban J connectivity index is 2.08. The molecule has 21 heavy (non-hydrogen) atoms. The molecule has 4 nitrogen and oxygen atoms in total. The molecule has 0 heterocycles. The van der Waals surface area contributed by atoms with Crippen molar-refractivity contribution in [3.8, 4) is 0 Å². The first kappa shape index (κ1) is 15.0. The van der Waals surface area contributed by atoms with Gasteiger partial charge in [-0.15, -0.1) is 0 Å². The molecule has 0 aliphatic carbocycles. The molecule has 0 saturated carbocycles. The highest BCUT2D eigenvalue weighted by atomic mass is 16.5. The van der Waals surface area contributed by atoms with E-state index in [1.807, 2.05) is 51.1 Å². The summed E-state index contributed by atoms with van der Waals surface area (Å²) in [6.07, 6.45) is 0. The zero-order valence-corrected chi connectivity index (χ0v) is 12.5. The molecule has 0 aliphatic rings. The van der Waals surface area contributed by atoms with Crippen molar-refractivity contribution in [3.05, 3.63) is 48.0 Å². The lowest BCUT2D eigenvalue weighted by Crippen LogP contribution is -2.42. The standard InChI is InChI=1S/C17H19NO3/c1-17(2,3)18-15(19)11-21-16(20)14-10-6-8-12-7-4-5-9-13(12)14/h4-10H,11H2,1-3H3,(H,18,19). The van der Waals surface area contributed by atoms with Crippen LogP contribution in [0.25, 0.3) is 10.8 Å². The Morgan fingerprint density at radius 3 is 2.43 bits per heavy atom. The van der Waals surface area contributed by atoms with Crippen LogP contribution in [0.1, 0.15) is 31.1 Å². The van der Waals surface area contributed by atoms with Crippen molar-refractivity contribution in [2.75, 3.05) is 6.61 Å². The molecule has 2 rings (SSSR count). The SMILES string of the molecule is CC(C)(C)NC(=O)COC(=O)c1cccc2ccccc12. The van der Waals surface area contributed by atoms with Crippen LogP contribution in [0.5, 0.6) is 0 Å². The van der Waals surface area contributed by atoms with Gasteiger partial charge in [-0.25, -0.2) is 4.79 Å². The van der Waals surface area contributed by atoms with E-state index in [1.54, 1.807) is 12.1 Å². The highest BCUT2D eigenvalue weighted by molar-refractivity contribution is 6.04. The lowest BCUT2D eigenvalue weighted by Gasteiger charge is -2.20. The smallest absolute Gasteiger partial charge is 0.339 e. The normalized spacial score (nSPS) is 11.2. The Bertz CT molecular complexity index is 666. The van der Waals surface area contributed by atoms with Crippen LogP contribution < -0.4 is 5.32 Å². The fourth-order valence-corrected chi connectivity index (χ4v) is 2.07. The van der Waals surface area contributed by atoms with E-state index < -0.39 is 5.97 Å². The number of benzene rings is 2. The molecule has 2 aromatic rings. The van der Waals surface area contributed by atoms with Crippen molar-refractivity contribution in [2.24, 2.45) is 0 Å². The highest BCUT2D eigenvalue weighted by Crippen LogP contribution is 2.19. The van der Waals surface area contributed by atoms with Gasteiger partial charge in [0.15, 0.2) is 6.61 Å². The van der Waals surface area contributed by atoms with Gasteiger partial charge in [-0.3, -0.25) is 4.79 Å². The third-order valence-corrected chi connectivity index (χ3v) is 2.86. The number of rotatable bonds is 3. The average molecular weight is 285 g/mol. The van der Waals surface area contributed by atoms with Gasteiger partial charge in [-0.1, -0.05) is 36.4 Å². The van der Waals surface area contributed by atoms with E-state index in [0.717, 1.165) is 10.8 Å². The van der Waals surface area contributed by atoms with Crippen molar-refractivity contribution < 1.29 is 14.3 Å². The van der Waals surface area contributed by atoms with Crippen molar-refractivity contribution in [2.45, 2.75) is 26.3 Å². The number of fused-ring (bicyclic) bond motifs is 1. The van der Waals surface area contributed by atoms with Gasteiger partial charge >= 0.3 is 5.97 Å². The summed E-state index contributed by atoms with van der Waals surface area (Å²) >= 11 is 0. The molecule has 0 unspecified atom stereocenters. The van der Waals surface area contributed by atoms with Gasteiger partial charge < -0.3 is 10.1 Å². The topological polar surface area (TPSA) is 55.4 Å². The second-order valence-electron chi connectivity index (χ2n) is 5.90.